The second kappa shape index (κ2) is 8.07. The van der Waals surface area contributed by atoms with E-state index < -0.39 is 17.6 Å². The summed E-state index contributed by atoms with van der Waals surface area (Å²) in [5, 5.41) is 4.66. The summed E-state index contributed by atoms with van der Waals surface area (Å²) in [6.45, 7) is 2.92. The van der Waals surface area contributed by atoms with Crippen LogP contribution in [0.1, 0.15) is 61.9 Å². The number of nitrogens with zero attached hydrogens (tertiary/aromatic N) is 5. The Labute approximate surface area is 211 Å². The van der Waals surface area contributed by atoms with Crippen LogP contribution in [0.2, 0.25) is 0 Å². The summed E-state index contributed by atoms with van der Waals surface area (Å²) in [5.41, 5.74) is -1.07. The fourth-order valence-corrected chi connectivity index (χ4v) is 6.96. The Morgan fingerprint density at radius 3 is 2.38 bits per heavy atom. The van der Waals surface area contributed by atoms with Gasteiger partial charge in [-0.2, -0.15) is 18.3 Å². The highest BCUT2D eigenvalue weighted by atomic mass is 19.4. The Morgan fingerprint density at radius 1 is 1.05 bits per heavy atom. The van der Waals surface area contributed by atoms with Crippen LogP contribution >= 0.6 is 0 Å². The second-order valence-corrected chi connectivity index (χ2v) is 11.8. The lowest BCUT2D eigenvalue weighted by Crippen LogP contribution is -2.65. The highest BCUT2D eigenvalue weighted by Crippen LogP contribution is 2.54. The van der Waals surface area contributed by atoms with Crippen molar-refractivity contribution in [2.45, 2.75) is 62.8 Å². The molecule has 37 heavy (non-hydrogen) atoms. The SMILES string of the molecule is O=C(N1CC2CC(Oc3ccc(C(F)(F)F)c(F)c3)CC2C1)N1CC2(CC(n3cnc(C4CC4)n3)C2)C1. The summed E-state index contributed by atoms with van der Waals surface area (Å²) in [5.74, 6) is 0.915. The molecule has 2 atom stereocenters. The van der Waals surface area contributed by atoms with Gasteiger partial charge in [-0.05, 0) is 62.5 Å². The van der Waals surface area contributed by atoms with Crippen LogP contribution in [-0.4, -0.2) is 62.9 Å². The number of ether oxygens (including phenoxy) is 1. The molecule has 7 rings (SSSR count). The van der Waals surface area contributed by atoms with E-state index in [-0.39, 0.29) is 23.3 Å². The first-order valence-corrected chi connectivity index (χ1v) is 13.1. The number of alkyl halides is 3. The molecule has 0 N–H and O–H groups in total. The molecule has 3 heterocycles. The number of aromatic nitrogens is 3. The van der Waals surface area contributed by atoms with Crippen LogP contribution in [0.3, 0.4) is 0 Å². The number of hydrogen-bond donors (Lipinski definition) is 0. The number of amides is 2. The molecular weight excluding hydrogens is 490 g/mol. The zero-order valence-electron chi connectivity index (χ0n) is 20.3. The van der Waals surface area contributed by atoms with E-state index in [1.54, 1.807) is 0 Å². The molecular formula is C26H29F4N5O2. The molecule has 1 aromatic heterocycles. The third-order valence-electron chi connectivity index (χ3n) is 9.03. The van der Waals surface area contributed by atoms with Crippen molar-refractivity contribution < 1.29 is 27.1 Å². The number of halogens is 4. The summed E-state index contributed by atoms with van der Waals surface area (Å²) in [6, 6.07) is 3.20. The van der Waals surface area contributed by atoms with E-state index in [0.717, 1.165) is 43.9 Å². The van der Waals surface area contributed by atoms with Crippen molar-refractivity contribution in [3.63, 3.8) is 0 Å². The van der Waals surface area contributed by atoms with Gasteiger partial charge in [0.2, 0.25) is 0 Å². The van der Waals surface area contributed by atoms with E-state index >= 15 is 0 Å². The van der Waals surface area contributed by atoms with Crippen LogP contribution in [-0.2, 0) is 6.18 Å². The molecule has 2 amide bonds. The first kappa shape index (κ1) is 23.3. The van der Waals surface area contributed by atoms with Gasteiger partial charge in [-0.25, -0.2) is 18.9 Å². The fourth-order valence-electron chi connectivity index (χ4n) is 6.96. The number of rotatable bonds is 4. The fraction of sp³-hybridized carbons (Fsp3) is 0.654. The molecule has 1 aromatic carbocycles. The molecule has 1 spiro atoms. The average Bonchev–Trinajstić information content (AvgIpc) is 3.19. The molecule has 3 saturated carbocycles. The molecule has 2 unspecified atom stereocenters. The van der Waals surface area contributed by atoms with Crippen LogP contribution in [0.25, 0.3) is 0 Å². The molecule has 5 fully saturated rings. The van der Waals surface area contributed by atoms with E-state index in [1.807, 2.05) is 20.8 Å². The summed E-state index contributed by atoms with van der Waals surface area (Å²) < 4.78 is 60.1. The first-order valence-electron chi connectivity index (χ1n) is 13.1. The molecule has 5 aliphatic rings. The van der Waals surface area contributed by atoms with Crippen molar-refractivity contribution >= 4 is 6.03 Å². The predicted octanol–water partition coefficient (Wildman–Crippen LogP) is 4.86. The highest BCUT2D eigenvalue weighted by Gasteiger charge is 2.56. The molecule has 0 bridgehead atoms. The van der Waals surface area contributed by atoms with Gasteiger partial charge in [-0.3, -0.25) is 0 Å². The number of fused-ring (bicyclic) bond motifs is 1. The van der Waals surface area contributed by atoms with E-state index in [1.165, 1.54) is 18.9 Å². The Balaban J connectivity index is 0.876. The maximum Gasteiger partial charge on any atom is 0.419 e. The van der Waals surface area contributed by atoms with Gasteiger partial charge < -0.3 is 14.5 Å². The summed E-state index contributed by atoms with van der Waals surface area (Å²) >= 11 is 0. The van der Waals surface area contributed by atoms with E-state index in [2.05, 4.69) is 10.1 Å². The summed E-state index contributed by atoms with van der Waals surface area (Å²) in [4.78, 5) is 21.4. The molecule has 198 valence electrons. The van der Waals surface area contributed by atoms with Crippen LogP contribution in [0.4, 0.5) is 22.4 Å². The number of carbonyl (C=O) groups is 1. The zero-order chi connectivity index (χ0) is 25.5. The summed E-state index contributed by atoms with van der Waals surface area (Å²) in [6.07, 6.45) is 2.85. The molecule has 3 aliphatic carbocycles. The molecule has 11 heteroatoms. The number of carbonyl (C=O) groups excluding carboxylic acids is 1. The lowest BCUT2D eigenvalue weighted by atomic mass is 9.61. The summed E-state index contributed by atoms with van der Waals surface area (Å²) in [7, 11) is 0. The zero-order valence-corrected chi connectivity index (χ0v) is 20.3. The van der Waals surface area contributed by atoms with Crippen molar-refractivity contribution in [2.75, 3.05) is 26.2 Å². The lowest BCUT2D eigenvalue weighted by molar-refractivity contribution is -0.140. The van der Waals surface area contributed by atoms with Crippen molar-refractivity contribution in [2.24, 2.45) is 17.3 Å². The van der Waals surface area contributed by atoms with Crippen molar-refractivity contribution in [3.05, 3.63) is 41.7 Å². The van der Waals surface area contributed by atoms with Gasteiger partial charge in [-0.15, -0.1) is 0 Å². The Hall–Kier alpha value is -2.85. The second-order valence-electron chi connectivity index (χ2n) is 11.8. The normalized spacial score (nSPS) is 28.8. The van der Waals surface area contributed by atoms with Gasteiger partial charge in [0, 0.05) is 43.6 Å². The molecule has 0 radical (unpaired) electrons. The maximum absolute atomic E-state index is 13.9. The number of urea groups is 1. The average molecular weight is 520 g/mol. The van der Waals surface area contributed by atoms with Gasteiger partial charge >= 0.3 is 12.2 Å². The minimum absolute atomic E-state index is 0.0996. The quantitative estimate of drug-likeness (QED) is 0.542. The number of hydrogen-bond acceptors (Lipinski definition) is 4. The minimum Gasteiger partial charge on any atom is -0.490 e. The molecule has 2 aromatic rings. The largest absolute Gasteiger partial charge is 0.490 e. The van der Waals surface area contributed by atoms with Crippen molar-refractivity contribution in [1.29, 1.82) is 0 Å². The standard InChI is InChI=1S/C26H29F4N5O2/c27-22-7-19(3-4-21(22)26(28,29)30)37-20-5-16-10-33(11-17(16)6-20)24(36)34-12-25(13-34)8-18(9-25)35-14-31-23(32-35)15-1-2-15/h3-4,7,14-18,20H,1-2,5-6,8-13H2. The van der Waals surface area contributed by atoms with Crippen molar-refractivity contribution in [1.82, 2.24) is 24.6 Å². The van der Waals surface area contributed by atoms with Gasteiger partial charge in [0.15, 0.2) is 5.82 Å². The first-order chi connectivity index (χ1) is 17.7. The van der Waals surface area contributed by atoms with Crippen molar-refractivity contribution in [3.8, 4) is 5.75 Å². The Kier molecular flexibility index (Phi) is 5.08. The number of likely N-dealkylation sites (tertiary alicyclic amines) is 2. The van der Waals surface area contributed by atoms with E-state index in [9.17, 15) is 22.4 Å². The minimum atomic E-state index is -4.73. The third kappa shape index (κ3) is 4.14. The van der Waals surface area contributed by atoms with Gasteiger partial charge in [0.1, 0.15) is 17.9 Å². The lowest BCUT2D eigenvalue weighted by Gasteiger charge is -2.59. The van der Waals surface area contributed by atoms with Crippen LogP contribution < -0.4 is 4.74 Å². The van der Waals surface area contributed by atoms with Gasteiger partial charge in [-0.1, -0.05) is 0 Å². The van der Waals surface area contributed by atoms with Crippen LogP contribution in [0.15, 0.2) is 24.5 Å². The van der Waals surface area contributed by atoms with Crippen LogP contribution in [0, 0.1) is 23.1 Å². The third-order valence-corrected chi connectivity index (χ3v) is 9.03. The monoisotopic (exact) mass is 519 g/mol. The molecule has 7 nitrogen and oxygen atoms in total. The Morgan fingerprint density at radius 2 is 1.76 bits per heavy atom. The van der Waals surface area contributed by atoms with Gasteiger partial charge in [0.25, 0.3) is 0 Å². The topological polar surface area (TPSA) is 63.5 Å². The molecule has 2 saturated heterocycles. The van der Waals surface area contributed by atoms with E-state index in [4.69, 9.17) is 4.74 Å². The predicted molar refractivity (Wildman–Crippen MR) is 123 cm³/mol. The smallest absolute Gasteiger partial charge is 0.419 e. The maximum atomic E-state index is 13.9. The Bertz CT molecular complexity index is 1200. The number of benzene rings is 1. The van der Waals surface area contributed by atoms with Crippen LogP contribution in [0.5, 0.6) is 5.75 Å². The van der Waals surface area contributed by atoms with Gasteiger partial charge in [0.05, 0.1) is 17.7 Å². The highest BCUT2D eigenvalue weighted by molar-refractivity contribution is 5.76. The molecule has 2 aliphatic heterocycles. The van der Waals surface area contributed by atoms with E-state index in [0.29, 0.717) is 49.7 Å².